The number of aromatic nitrogens is 3. The Hall–Kier alpha value is -3.78. The average Bonchev–Trinajstić information content (AvgIpc) is 3.34. The van der Waals surface area contributed by atoms with E-state index in [-0.39, 0.29) is 47.3 Å². The van der Waals surface area contributed by atoms with E-state index in [0.29, 0.717) is 6.20 Å². The van der Waals surface area contributed by atoms with Crippen molar-refractivity contribution in [1.29, 1.82) is 0 Å². The van der Waals surface area contributed by atoms with Crippen molar-refractivity contribution in [3.63, 3.8) is 0 Å². The Morgan fingerprint density at radius 3 is 2.42 bits per heavy atom. The first-order valence-corrected chi connectivity index (χ1v) is 12.6. The van der Waals surface area contributed by atoms with Crippen molar-refractivity contribution in [1.82, 2.24) is 24.6 Å². The summed E-state index contributed by atoms with van der Waals surface area (Å²) in [6.45, 7) is 3.43. The fraction of sp³-hybridized carbons (Fsp3) is 0.250. The number of hydrogen-bond donors (Lipinski definition) is 1. The molecule has 1 aliphatic heterocycles. The standard InChI is InChI=1S/C24H20F5N5O3S/c1-2-14-7-21(34(13-14)38(36,37)17-5-3-15(25)4-6-17)23(35)33-9-16-8-18(19(26)10-30-16)20-11-32-22(12-31-20)24(27,28)29/h2-6,8,10-12,14,21H,1,7,9,13H2,(H,33,35)/t14-,21+/m1/s1. The summed E-state index contributed by atoms with van der Waals surface area (Å²) in [5.74, 6) is -2.44. The highest BCUT2D eigenvalue weighted by molar-refractivity contribution is 7.89. The maximum absolute atomic E-state index is 14.3. The van der Waals surface area contributed by atoms with Crippen LogP contribution in [0.25, 0.3) is 11.3 Å². The zero-order valence-electron chi connectivity index (χ0n) is 19.5. The second-order valence-electron chi connectivity index (χ2n) is 8.43. The second kappa shape index (κ2) is 10.5. The number of benzene rings is 1. The van der Waals surface area contributed by atoms with Gasteiger partial charge in [0.15, 0.2) is 11.5 Å². The van der Waals surface area contributed by atoms with Crippen molar-refractivity contribution in [2.24, 2.45) is 5.92 Å². The van der Waals surface area contributed by atoms with Crippen molar-refractivity contribution in [2.75, 3.05) is 6.54 Å². The Morgan fingerprint density at radius 1 is 1.11 bits per heavy atom. The number of alkyl halides is 3. The molecule has 1 amide bonds. The van der Waals surface area contributed by atoms with Gasteiger partial charge in [0.2, 0.25) is 15.9 Å². The molecule has 0 unspecified atom stereocenters. The van der Waals surface area contributed by atoms with Gasteiger partial charge in [-0.2, -0.15) is 17.5 Å². The van der Waals surface area contributed by atoms with E-state index < -0.39 is 45.5 Å². The van der Waals surface area contributed by atoms with Crippen LogP contribution in [-0.2, 0) is 27.5 Å². The zero-order valence-corrected chi connectivity index (χ0v) is 20.3. The molecule has 3 heterocycles. The summed E-state index contributed by atoms with van der Waals surface area (Å²) in [7, 11) is -4.14. The monoisotopic (exact) mass is 553 g/mol. The molecule has 200 valence electrons. The molecule has 1 saturated heterocycles. The predicted octanol–water partition coefficient (Wildman–Crippen LogP) is 3.72. The highest BCUT2D eigenvalue weighted by Gasteiger charge is 2.43. The van der Waals surface area contributed by atoms with Crippen LogP contribution in [-0.4, -0.2) is 46.2 Å². The molecule has 0 spiro atoms. The minimum atomic E-state index is -4.71. The Morgan fingerprint density at radius 2 is 1.82 bits per heavy atom. The van der Waals surface area contributed by atoms with E-state index in [9.17, 15) is 35.2 Å². The SMILES string of the molecule is C=C[C@@H]1C[C@@H](C(=O)NCc2cc(-c3cnc(C(F)(F)F)cn3)c(F)cn2)N(S(=O)(=O)c2ccc(F)cc2)C1. The maximum atomic E-state index is 14.3. The van der Waals surface area contributed by atoms with Crippen LogP contribution in [0, 0.1) is 17.6 Å². The topological polar surface area (TPSA) is 105 Å². The molecular weight excluding hydrogens is 533 g/mol. The fourth-order valence-corrected chi connectivity index (χ4v) is 5.59. The third-order valence-electron chi connectivity index (χ3n) is 5.92. The molecule has 0 saturated carbocycles. The van der Waals surface area contributed by atoms with Crippen LogP contribution in [0.15, 0.2) is 66.5 Å². The summed E-state index contributed by atoms with van der Waals surface area (Å²) in [6.07, 6.45) is -0.942. The summed E-state index contributed by atoms with van der Waals surface area (Å²) in [6, 6.07) is 4.31. The lowest BCUT2D eigenvalue weighted by Gasteiger charge is -2.23. The van der Waals surface area contributed by atoms with E-state index in [0.717, 1.165) is 41.0 Å². The van der Waals surface area contributed by atoms with Gasteiger partial charge in [-0.05, 0) is 42.7 Å². The Balaban J connectivity index is 1.51. The number of nitrogens with zero attached hydrogens (tertiary/aromatic N) is 4. The molecule has 0 aliphatic carbocycles. The van der Waals surface area contributed by atoms with Gasteiger partial charge in [0.25, 0.3) is 0 Å². The average molecular weight is 554 g/mol. The summed E-state index contributed by atoms with van der Waals surface area (Å²) >= 11 is 0. The molecule has 1 N–H and O–H groups in total. The first kappa shape index (κ1) is 27.3. The molecule has 14 heteroatoms. The molecule has 2 aromatic heterocycles. The Kier molecular flexibility index (Phi) is 7.56. The number of amides is 1. The van der Waals surface area contributed by atoms with Crippen molar-refractivity contribution in [2.45, 2.75) is 30.1 Å². The number of carbonyl (C=O) groups is 1. The third kappa shape index (κ3) is 5.70. The number of hydrogen-bond acceptors (Lipinski definition) is 6. The zero-order chi connectivity index (χ0) is 27.7. The van der Waals surface area contributed by atoms with Gasteiger partial charge in [0.1, 0.15) is 11.9 Å². The maximum Gasteiger partial charge on any atom is 0.434 e. The van der Waals surface area contributed by atoms with Gasteiger partial charge in [-0.3, -0.25) is 14.8 Å². The number of halogens is 5. The highest BCUT2D eigenvalue weighted by Crippen LogP contribution is 2.31. The molecule has 8 nitrogen and oxygen atoms in total. The summed E-state index contributed by atoms with van der Waals surface area (Å²) in [4.78, 5) is 23.6. The normalized spacial score (nSPS) is 18.3. The van der Waals surface area contributed by atoms with Crippen molar-refractivity contribution in [3.05, 3.63) is 84.6 Å². The lowest BCUT2D eigenvalue weighted by atomic mass is 10.1. The van der Waals surface area contributed by atoms with E-state index in [4.69, 9.17) is 0 Å². The number of rotatable bonds is 7. The molecule has 0 bridgehead atoms. The van der Waals surface area contributed by atoms with Crippen LogP contribution in [0.1, 0.15) is 17.8 Å². The van der Waals surface area contributed by atoms with Gasteiger partial charge in [0.05, 0.1) is 41.4 Å². The molecule has 1 aromatic carbocycles. The van der Waals surface area contributed by atoms with E-state index in [1.54, 1.807) is 6.08 Å². The quantitative estimate of drug-likeness (QED) is 0.353. The van der Waals surface area contributed by atoms with Crippen molar-refractivity contribution in [3.8, 4) is 11.3 Å². The third-order valence-corrected chi connectivity index (χ3v) is 7.81. The van der Waals surface area contributed by atoms with E-state index >= 15 is 0 Å². The molecule has 38 heavy (non-hydrogen) atoms. The summed E-state index contributed by atoms with van der Waals surface area (Å²) in [5.41, 5.74) is -1.45. The highest BCUT2D eigenvalue weighted by atomic mass is 32.2. The molecule has 4 rings (SSSR count). The van der Waals surface area contributed by atoms with Gasteiger partial charge in [-0.15, -0.1) is 6.58 Å². The van der Waals surface area contributed by atoms with Gasteiger partial charge in [0, 0.05) is 12.1 Å². The largest absolute Gasteiger partial charge is 0.434 e. The molecule has 1 aliphatic rings. The van der Waals surface area contributed by atoms with Crippen LogP contribution >= 0.6 is 0 Å². The second-order valence-corrected chi connectivity index (χ2v) is 10.3. The molecule has 1 fully saturated rings. The first-order valence-electron chi connectivity index (χ1n) is 11.1. The number of carbonyl (C=O) groups excluding carboxylic acids is 1. The molecular formula is C24H20F5N5O3S. The van der Waals surface area contributed by atoms with Crippen LogP contribution in [0.4, 0.5) is 22.0 Å². The molecule has 3 aromatic rings. The van der Waals surface area contributed by atoms with Gasteiger partial charge >= 0.3 is 6.18 Å². The Bertz CT molecular complexity index is 1450. The van der Waals surface area contributed by atoms with Crippen LogP contribution < -0.4 is 5.32 Å². The minimum Gasteiger partial charge on any atom is -0.349 e. The summed E-state index contributed by atoms with van der Waals surface area (Å²) < 4.78 is 93.2. The first-order chi connectivity index (χ1) is 17.9. The van der Waals surface area contributed by atoms with Gasteiger partial charge < -0.3 is 5.32 Å². The Labute approximate surface area is 214 Å². The summed E-state index contributed by atoms with van der Waals surface area (Å²) in [5, 5.41) is 2.57. The smallest absolute Gasteiger partial charge is 0.349 e. The lowest BCUT2D eigenvalue weighted by Crippen LogP contribution is -2.45. The number of sulfonamides is 1. The number of nitrogens with one attached hydrogen (secondary N) is 1. The van der Waals surface area contributed by atoms with Gasteiger partial charge in [-0.25, -0.2) is 22.2 Å². The van der Waals surface area contributed by atoms with Crippen molar-refractivity contribution >= 4 is 15.9 Å². The van der Waals surface area contributed by atoms with E-state index in [2.05, 4.69) is 26.8 Å². The van der Waals surface area contributed by atoms with Crippen LogP contribution in [0.5, 0.6) is 0 Å². The predicted molar refractivity (Wildman–Crippen MR) is 124 cm³/mol. The van der Waals surface area contributed by atoms with E-state index in [1.807, 2.05) is 0 Å². The van der Waals surface area contributed by atoms with Crippen LogP contribution in [0.2, 0.25) is 0 Å². The van der Waals surface area contributed by atoms with Crippen molar-refractivity contribution < 1.29 is 35.2 Å². The molecule has 2 atom stereocenters. The van der Waals surface area contributed by atoms with Crippen LogP contribution in [0.3, 0.4) is 0 Å². The fourth-order valence-electron chi connectivity index (χ4n) is 3.94. The van der Waals surface area contributed by atoms with Gasteiger partial charge in [-0.1, -0.05) is 6.08 Å². The van der Waals surface area contributed by atoms with E-state index in [1.165, 1.54) is 6.07 Å². The minimum absolute atomic E-state index is 0.00711. The molecule has 0 radical (unpaired) electrons. The lowest BCUT2D eigenvalue weighted by molar-refractivity contribution is -0.141. The number of pyridine rings is 1.